The molecule has 3 rings (SSSR count). The molecule has 0 aliphatic rings. The number of aldehydes is 1. The number of hydrogen-bond acceptors (Lipinski definition) is 3. The Morgan fingerprint density at radius 3 is 2.11 bits per heavy atom. The summed E-state index contributed by atoms with van der Waals surface area (Å²) >= 11 is 6.72. The average molecular weight is 349 g/mol. The second-order valence-electron chi connectivity index (χ2n) is 3.99. The maximum Gasteiger partial charge on any atom is 0.160 e. The molecule has 1 nitrogen and oxygen atoms in total. The van der Waals surface area contributed by atoms with Gasteiger partial charge in [-0.1, -0.05) is 28.1 Å². The minimum Gasteiger partial charge on any atom is -0.297 e. The van der Waals surface area contributed by atoms with E-state index in [1.807, 2.05) is 24.3 Å². The van der Waals surface area contributed by atoms with Crippen molar-refractivity contribution in [3.05, 3.63) is 57.9 Å². The minimum absolute atomic E-state index is 0.772. The van der Waals surface area contributed by atoms with Crippen LogP contribution in [0.4, 0.5) is 0 Å². The Morgan fingerprint density at radius 2 is 1.42 bits per heavy atom. The second-order valence-corrected chi connectivity index (χ2v) is 7.11. The van der Waals surface area contributed by atoms with Crippen LogP contribution >= 0.6 is 38.6 Å². The van der Waals surface area contributed by atoms with Crippen LogP contribution < -0.4 is 0 Å². The number of rotatable bonds is 3. The molecule has 0 unspecified atom stereocenters. The molecule has 0 saturated carbocycles. The van der Waals surface area contributed by atoms with Crippen molar-refractivity contribution in [2.24, 2.45) is 0 Å². The van der Waals surface area contributed by atoms with Crippen molar-refractivity contribution in [1.82, 2.24) is 0 Å². The summed E-state index contributed by atoms with van der Waals surface area (Å²) in [5.74, 6) is 0. The van der Waals surface area contributed by atoms with Crippen molar-refractivity contribution >= 4 is 44.9 Å². The third kappa shape index (κ3) is 2.71. The van der Waals surface area contributed by atoms with Gasteiger partial charge in [0.2, 0.25) is 0 Å². The summed E-state index contributed by atoms with van der Waals surface area (Å²) < 4.78 is 1.09. The van der Waals surface area contributed by atoms with Gasteiger partial charge in [-0.25, -0.2) is 0 Å². The molecule has 0 amide bonds. The maximum absolute atomic E-state index is 10.7. The van der Waals surface area contributed by atoms with Gasteiger partial charge in [0.1, 0.15) is 0 Å². The Kier molecular flexibility index (Phi) is 3.64. The second kappa shape index (κ2) is 5.41. The van der Waals surface area contributed by atoms with Gasteiger partial charge < -0.3 is 0 Å². The number of hydrogen-bond donors (Lipinski definition) is 0. The molecule has 3 aromatic rings. The van der Waals surface area contributed by atoms with E-state index in [-0.39, 0.29) is 0 Å². The largest absolute Gasteiger partial charge is 0.297 e. The smallest absolute Gasteiger partial charge is 0.160 e. The molecule has 4 heteroatoms. The fourth-order valence-corrected chi connectivity index (χ4v) is 3.98. The lowest BCUT2D eigenvalue weighted by atomic mass is 10.2. The lowest BCUT2D eigenvalue weighted by Gasteiger charge is -1.96. The first kappa shape index (κ1) is 12.8. The third-order valence-electron chi connectivity index (χ3n) is 2.72. The fraction of sp³-hybridized carbons (Fsp3) is 0. The number of carbonyl (C=O) groups is 1. The SMILES string of the molecule is O=Cc1ccc(-c2ccc(-c3ccc(Br)cc3)s2)s1. The van der Waals surface area contributed by atoms with Crippen molar-refractivity contribution in [3.8, 4) is 20.2 Å². The lowest BCUT2D eigenvalue weighted by Crippen LogP contribution is -1.70. The Labute approximate surface area is 127 Å². The fourth-order valence-electron chi connectivity index (χ4n) is 1.79. The topological polar surface area (TPSA) is 17.1 Å². The van der Waals surface area contributed by atoms with Gasteiger partial charge in [0.25, 0.3) is 0 Å². The predicted octanol–water partition coefficient (Wildman–Crippen LogP) is 5.72. The number of halogens is 1. The van der Waals surface area contributed by atoms with Gasteiger partial charge in [-0.05, 0) is 42.0 Å². The summed E-state index contributed by atoms with van der Waals surface area (Å²) in [5, 5.41) is 0. The standard InChI is InChI=1S/C15H9BrOS2/c16-11-3-1-10(2-4-11)13-7-8-15(19-13)14-6-5-12(9-17)18-14/h1-9H. The van der Waals surface area contributed by atoms with Gasteiger partial charge in [-0.2, -0.15) is 0 Å². The summed E-state index contributed by atoms with van der Waals surface area (Å²) in [5.41, 5.74) is 1.21. The third-order valence-corrected chi connectivity index (χ3v) is 5.59. The molecule has 0 N–H and O–H groups in total. The molecule has 2 heterocycles. The Hall–Kier alpha value is -1.23. The monoisotopic (exact) mass is 348 g/mol. The van der Waals surface area contributed by atoms with E-state index in [1.165, 1.54) is 26.7 Å². The van der Waals surface area contributed by atoms with Crippen LogP contribution in [0.25, 0.3) is 20.2 Å². The molecule has 0 spiro atoms. The first-order chi connectivity index (χ1) is 9.26. The van der Waals surface area contributed by atoms with Crippen LogP contribution in [0.2, 0.25) is 0 Å². The molecule has 0 aliphatic carbocycles. The predicted molar refractivity (Wildman–Crippen MR) is 86.2 cm³/mol. The van der Waals surface area contributed by atoms with Crippen LogP contribution in [-0.4, -0.2) is 6.29 Å². The molecule has 0 aliphatic heterocycles. The molecule has 0 bridgehead atoms. The molecule has 94 valence electrons. The van der Waals surface area contributed by atoms with Gasteiger partial charge in [-0.3, -0.25) is 4.79 Å². The molecule has 0 saturated heterocycles. The summed E-state index contributed by atoms with van der Waals surface area (Å²) in [6, 6.07) is 16.4. The molecule has 19 heavy (non-hydrogen) atoms. The van der Waals surface area contributed by atoms with E-state index in [0.29, 0.717) is 0 Å². The maximum atomic E-state index is 10.7. The van der Waals surface area contributed by atoms with Gasteiger partial charge in [-0.15, -0.1) is 22.7 Å². The van der Waals surface area contributed by atoms with Crippen LogP contribution in [0.3, 0.4) is 0 Å². The zero-order valence-corrected chi connectivity index (χ0v) is 13.0. The summed E-state index contributed by atoms with van der Waals surface area (Å²) in [4.78, 5) is 15.1. The van der Waals surface area contributed by atoms with Crippen LogP contribution in [0.15, 0.2) is 53.0 Å². The molecule has 2 aromatic heterocycles. The lowest BCUT2D eigenvalue weighted by molar-refractivity contribution is 0.112. The van der Waals surface area contributed by atoms with E-state index >= 15 is 0 Å². The van der Waals surface area contributed by atoms with Crippen LogP contribution in [-0.2, 0) is 0 Å². The van der Waals surface area contributed by atoms with Crippen LogP contribution in [0, 0.1) is 0 Å². The number of carbonyl (C=O) groups excluding carboxylic acids is 1. The van der Waals surface area contributed by atoms with Gasteiger partial charge in [0.15, 0.2) is 6.29 Å². The van der Waals surface area contributed by atoms with Crippen molar-refractivity contribution < 1.29 is 4.79 Å². The number of thiophene rings is 2. The first-order valence-electron chi connectivity index (χ1n) is 5.67. The molecule has 0 atom stereocenters. The number of benzene rings is 1. The van der Waals surface area contributed by atoms with E-state index in [9.17, 15) is 4.79 Å². The van der Waals surface area contributed by atoms with Crippen LogP contribution in [0.1, 0.15) is 9.67 Å². The van der Waals surface area contributed by atoms with E-state index in [4.69, 9.17) is 0 Å². The van der Waals surface area contributed by atoms with Gasteiger partial charge in [0.05, 0.1) is 4.88 Å². The van der Waals surface area contributed by atoms with E-state index in [2.05, 4.69) is 40.2 Å². The summed E-state index contributed by atoms with van der Waals surface area (Å²) in [6.45, 7) is 0. The Morgan fingerprint density at radius 1 is 0.789 bits per heavy atom. The van der Waals surface area contributed by atoms with Crippen molar-refractivity contribution in [2.75, 3.05) is 0 Å². The molecule has 0 fully saturated rings. The highest BCUT2D eigenvalue weighted by Crippen LogP contribution is 2.37. The Bertz CT molecular complexity index is 710. The molecule has 0 radical (unpaired) electrons. The van der Waals surface area contributed by atoms with Gasteiger partial charge in [0, 0.05) is 19.1 Å². The van der Waals surface area contributed by atoms with E-state index < -0.39 is 0 Å². The van der Waals surface area contributed by atoms with Crippen molar-refractivity contribution in [1.29, 1.82) is 0 Å². The zero-order chi connectivity index (χ0) is 13.2. The highest BCUT2D eigenvalue weighted by molar-refractivity contribution is 9.10. The minimum atomic E-state index is 0.772. The van der Waals surface area contributed by atoms with Crippen LogP contribution in [0.5, 0.6) is 0 Å². The zero-order valence-electron chi connectivity index (χ0n) is 9.80. The summed E-state index contributed by atoms with van der Waals surface area (Å²) in [6.07, 6.45) is 0.900. The molecule has 1 aromatic carbocycles. The quantitative estimate of drug-likeness (QED) is 0.553. The molecular formula is C15H9BrOS2. The van der Waals surface area contributed by atoms with E-state index in [1.54, 1.807) is 11.3 Å². The normalized spacial score (nSPS) is 10.6. The summed E-state index contributed by atoms with van der Waals surface area (Å²) in [7, 11) is 0. The first-order valence-corrected chi connectivity index (χ1v) is 8.10. The molecular weight excluding hydrogens is 340 g/mol. The van der Waals surface area contributed by atoms with E-state index in [0.717, 1.165) is 20.5 Å². The van der Waals surface area contributed by atoms with Gasteiger partial charge >= 0.3 is 0 Å². The highest BCUT2D eigenvalue weighted by Gasteiger charge is 2.07. The van der Waals surface area contributed by atoms with Crippen molar-refractivity contribution in [2.45, 2.75) is 0 Å². The Balaban J connectivity index is 1.94. The average Bonchev–Trinajstić information content (AvgIpc) is 3.08. The highest BCUT2D eigenvalue weighted by atomic mass is 79.9. The van der Waals surface area contributed by atoms with Crippen molar-refractivity contribution in [3.63, 3.8) is 0 Å².